The molecule has 0 amide bonds. The van der Waals surface area contributed by atoms with Crippen LogP contribution in [0, 0.1) is 0 Å². The molecule has 1 atom stereocenters. The molecule has 1 aromatic rings. The van der Waals surface area contributed by atoms with Gasteiger partial charge in [0.25, 0.3) is 0 Å². The normalized spacial score (nSPS) is 17.3. The maximum atomic E-state index is 12.5. The molecular formula is C12H12FNO. The molecule has 1 unspecified atom stereocenters. The van der Waals surface area contributed by atoms with Crippen molar-refractivity contribution >= 4 is 0 Å². The lowest BCUT2D eigenvalue weighted by atomic mass is 10.00. The van der Waals surface area contributed by atoms with Crippen LogP contribution in [-0.2, 0) is 4.94 Å². The molecule has 1 aromatic heterocycles. The maximum absolute atomic E-state index is 12.5. The number of aromatic nitrogens is 1. The second-order valence-electron chi connectivity index (χ2n) is 3.41. The highest BCUT2D eigenvalue weighted by molar-refractivity contribution is 5.31. The van der Waals surface area contributed by atoms with Gasteiger partial charge in [0, 0.05) is 6.20 Å². The molecule has 3 heteroatoms. The fraction of sp³-hybridized carbons (Fsp3) is 0.250. The molecule has 0 spiro atoms. The van der Waals surface area contributed by atoms with Crippen molar-refractivity contribution in [3.63, 3.8) is 0 Å². The topological polar surface area (TPSA) is 22.1 Å². The van der Waals surface area contributed by atoms with Gasteiger partial charge in [-0.15, -0.1) is 0 Å². The van der Waals surface area contributed by atoms with Gasteiger partial charge in [0.2, 0.25) is 0 Å². The van der Waals surface area contributed by atoms with Crippen molar-refractivity contribution in [2.75, 3.05) is 0 Å². The van der Waals surface area contributed by atoms with Crippen LogP contribution < -0.4 is 0 Å². The highest BCUT2D eigenvalue weighted by Gasteiger charge is 2.18. The van der Waals surface area contributed by atoms with E-state index in [1.165, 1.54) is 0 Å². The summed E-state index contributed by atoms with van der Waals surface area (Å²) in [7, 11) is 0. The summed E-state index contributed by atoms with van der Waals surface area (Å²) in [6, 6.07) is 5.37. The standard InChI is InChI=1S/C12H12FNO/c13-15-12(10-6-2-1-3-7-10)11-8-4-5-9-14-11/h2,4-9,12H,1,3H2. The molecule has 0 saturated carbocycles. The van der Waals surface area contributed by atoms with Crippen molar-refractivity contribution in [3.05, 3.63) is 53.9 Å². The summed E-state index contributed by atoms with van der Waals surface area (Å²) in [5.74, 6) is 0. The number of allylic oxidation sites excluding steroid dienone is 2. The summed E-state index contributed by atoms with van der Waals surface area (Å²) in [4.78, 5) is 8.08. The largest absolute Gasteiger partial charge is 0.258 e. The van der Waals surface area contributed by atoms with Crippen LogP contribution in [-0.4, -0.2) is 4.98 Å². The summed E-state index contributed by atoms with van der Waals surface area (Å²) in [5, 5.41) is 0. The summed E-state index contributed by atoms with van der Waals surface area (Å²) in [6.45, 7) is 0. The Morgan fingerprint density at radius 1 is 1.33 bits per heavy atom. The first-order chi connectivity index (χ1) is 7.42. The summed E-state index contributed by atoms with van der Waals surface area (Å²) >= 11 is 0. The van der Waals surface area contributed by atoms with Crippen LogP contribution in [0.2, 0.25) is 0 Å². The third-order valence-corrected chi connectivity index (χ3v) is 2.37. The quantitative estimate of drug-likeness (QED) is 0.755. The van der Waals surface area contributed by atoms with Gasteiger partial charge >= 0.3 is 0 Å². The maximum Gasteiger partial charge on any atom is 0.165 e. The van der Waals surface area contributed by atoms with Crippen LogP contribution >= 0.6 is 0 Å². The third-order valence-electron chi connectivity index (χ3n) is 2.37. The second kappa shape index (κ2) is 4.84. The van der Waals surface area contributed by atoms with Crippen LogP contribution in [0.25, 0.3) is 0 Å². The lowest BCUT2D eigenvalue weighted by Gasteiger charge is -2.14. The molecule has 78 valence electrons. The van der Waals surface area contributed by atoms with Gasteiger partial charge in [-0.2, -0.15) is 4.94 Å². The highest BCUT2D eigenvalue weighted by Crippen LogP contribution is 2.28. The monoisotopic (exact) mass is 205 g/mol. The zero-order valence-corrected chi connectivity index (χ0v) is 8.27. The van der Waals surface area contributed by atoms with Gasteiger partial charge in [0.05, 0.1) is 5.69 Å². The minimum atomic E-state index is -0.692. The molecule has 0 aliphatic heterocycles. The molecule has 0 bridgehead atoms. The van der Waals surface area contributed by atoms with E-state index < -0.39 is 6.10 Å². The Kier molecular flexibility index (Phi) is 3.25. The molecular weight excluding hydrogens is 193 g/mol. The van der Waals surface area contributed by atoms with Gasteiger partial charge in [-0.1, -0.05) is 24.3 Å². The van der Waals surface area contributed by atoms with Gasteiger partial charge in [0.1, 0.15) is 0 Å². The Morgan fingerprint density at radius 2 is 2.27 bits per heavy atom. The van der Waals surface area contributed by atoms with Crippen molar-refractivity contribution in [2.24, 2.45) is 0 Å². The summed E-state index contributed by atoms with van der Waals surface area (Å²) in [6.07, 6.45) is 8.77. The van der Waals surface area contributed by atoms with E-state index in [0.29, 0.717) is 5.69 Å². The smallest absolute Gasteiger partial charge is 0.165 e. The van der Waals surface area contributed by atoms with Crippen molar-refractivity contribution in [1.82, 2.24) is 4.98 Å². The minimum Gasteiger partial charge on any atom is -0.258 e. The Hall–Kier alpha value is -1.48. The van der Waals surface area contributed by atoms with E-state index in [4.69, 9.17) is 0 Å². The number of hydrogen-bond acceptors (Lipinski definition) is 2. The number of hydrogen-bond donors (Lipinski definition) is 0. The molecule has 2 nitrogen and oxygen atoms in total. The zero-order chi connectivity index (χ0) is 10.5. The first-order valence-electron chi connectivity index (χ1n) is 4.97. The Bertz CT molecular complexity index is 372. The first kappa shape index (κ1) is 10.1. The Morgan fingerprint density at radius 3 is 2.87 bits per heavy atom. The minimum absolute atomic E-state index is 0.595. The lowest BCUT2D eigenvalue weighted by Crippen LogP contribution is -2.05. The number of pyridine rings is 1. The molecule has 15 heavy (non-hydrogen) atoms. The van der Waals surface area contributed by atoms with Crippen LogP contribution in [0.15, 0.2) is 48.2 Å². The fourth-order valence-corrected chi connectivity index (χ4v) is 1.63. The molecule has 1 aliphatic carbocycles. The predicted molar refractivity (Wildman–Crippen MR) is 55.6 cm³/mol. The lowest BCUT2D eigenvalue weighted by molar-refractivity contribution is -0.168. The second-order valence-corrected chi connectivity index (χ2v) is 3.41. The summed E-state index contributed by atoms with van der Waals surface area (Å²) in [5.41, 5.74) is 1.43. The molecule has 0 fully saturated rings. The predicted octanol–water partition coefficient (Wildman–Crippen LogP) is 3.30. The van der Waals surface area contributed by atoms with Crippen LogP contribution in [0.1, 0.15) is 24.6 Å². The third kappa shape index (κ3) is 2.30. The molecule has 1 aliphatic rings. The molecule has 0 aromatic carbocycles. The van der Waals surface area contributed by atoms with Crippen LogP contribution in [0.4, 0.5) is 4.53 Å². The molecule has 1 heterocycles. The number of rotatable bonds is 3. The molecule has 0 N–H and O–H groups in total. The zero-order valence-electron chi connectivity index (χ0n) is 8.27. The average Bonchev–Trinajstić information content (AvgIpc) is 2.33. The fourth-order valence-electron chi connectivity index (χ4n) is 1.63. The van der Waals surface area contributed by atoms with Crippen molar-refractivity contribution < 1.29 is 9.47 Å². The first-order valence-corrected chi connectivity index (χ1v) is 4.97. The van der Waals surface area contributed by atoms with Gasteiger partial charge in [-0.3, -0.25) is 4.98 Å². The van der Waals surface area contributed by atoms with E-state index in [1.54, 1.807) is 18.3 Å². The molecule has 0 saturated heterocycles. The highest BCUT2D eigenvalue weighted by atomic mass is 19.3. The average molecular weight is 205 g/mol. The molecule has 2 rings (SSSR count). The van der Waals surface area contributed by atoms with E-state index in [2.05, 4.69) is 9.93 Å². The van der Waals surface area contributed by atoms with Crippen LogP contribution in [0.3, 0.4) is 0 Å². The van der Waals surface area contributed by atoms with Gasteiger partial charge in [0.15, 0.2) is 6.10 Å². The number of halogens is 1. The van der Waals surface area contributed by atoms with E-state index in [9.17, 15) is 4.53 Å². The van der Waals surface area contributed by atoms with Crippen molar-refractivity contribution in [1.29, 1.82) is 0 Å². The molecule has 0 radical (unpaired) electrons. The Balaban J connectivity index is 2.24. The summed E-state index contributed by atoms with van der Waals surface area (Å²) < 4.78 is 12.5. The van der Waals surface area contributed by atoms with Crippen molar-refractivity contribution in [2.45, 2.75) is 18.9 Å². The van der Waals surface area contributed by atoms with Gasteiger partial charge in [-0.25, -0.2) is 0 Å². The van der Waals surface area contributed by atoms with Gasteiger partial charge < -0.3 is 0 Å². The van der Waals surface area contributed by atoms with E-state index in [0.717, 1.165) is 18.4 Å². The van der Waals surface area contributed by atoms with E-state index >= 15 is 0 Å². The SMILES string of the molecule is FOC(C1=CCCC=C1)c1ccccn1. The van der Waals surface area contributed by atoms with Crippen molar-refractivity contribution in [3.8, 4) is 0 Å². The number of nitrogens with zero attached hydrogens (tertiary/aromatic N) is 1. The van der Waals surface area contributed by atoms with Gasteiger partial charge in [-0.05, 0) is 35.1 Å². The Labute approximate surface area is 88.0 Å². The van der Waals surface area contributed by atoms with E-state index in [-0.39, 0.29) is 0 Å². The van der Waals surface area contributed by atoms with Crippen LogP contribution in [0.5, 0.6) is 0 Å². The van der Waals surface area contributed by atoms with E-state index in [1.807, 2.05) is 24.3 Å².